The second kappa shape index (κ2) is 14.8. The van der Waals surface area contributed by atoms with E-state index in [0.29, 0.717) is 51.5 Å². The minimum absolute atomic E-state index is 0.0761. The van der Waals surface area contributed by atoms with Crippen LogP contribution in [0.1, 0.15) is 52.6 Å². The molecule has 50 heavy (non-hydrogen) atoms. The molecule has 0 saturated carbocycles. The molecule has 0 atom stereocenters. The summed E-state index contributed by atoms with van der Waals surface area (Å²) >= 11 is 5.85. The Hall–Kier alpha value is -5.11. The number of pyridine rings is 2. The molecule has 0 unspecified atom stereocenters. The van der Waals surface area contributed by atoms with Gasteiger partial charge in [0.25, 0.3) is 5.91 Å². The molecule has 0 radical (unpaired) electrons. The minimum atomic E-state index is -0.401. The molecular formula is C36H36ClFN8O4. The van der Waals surface area contributed by atoms with E-state index in [0.717, 1.165) is 61.7 Å². The zero-order chi connectivity index (χ0) is 34.6. The molecule has 2 saturated heterocycles. The highest BCUT2D eigenvalue weighted by molar-refractivity contribution is 6.30. The van der Waals surface area contributed by atoms with Crippen molar-refractivity contribution in [2.75, 3.05) is 31.6 Å². The zero-order valence-corrected chi connectivity index (χ0v) is 28.2. The van der Waals surface area contributed by atoms with Crippen molar-refractivity contribution in [1.82, 2.24) is 34.4 Å². The number of amides is 1. The molecule has 6 aromatic rings. The number of carbonyl (C=O) groups excluding carboxylic acids is 1. The van der Waals surface area contributed by atoms with Crippen LogP contribution in [0.4, 0.5) is 10.2 Å². The molecule has 258 valence electrons. The van der Waals surface area contributed by atoms with Gasteiger partial charge in [0, 0.05) is 54.1 Å². The number of benzene rings is 2. The largest absolute Gasteiger partial charge is 0.473 e. The smallest absolute Gasteiger partial charge is 0.325 e. The number of fused-ring (bicyclic) bond motifs is 2. The summed E-state index contributed by atoms with van der Waals surface area (Å²) in [4.78, 5) is 46.0. The van der Waals surface area contributed by atoms with Gasteiger partial charge < -0.3 is 24.3 Å². The SMILES string of the molecule is C1COC1.Cn1c(CN2CCC(c3cccc(OCc4ccc(Cl)cc4F)n3)CC2)nc2cc(C(=O)Nc3ccc4[nH]c(=O)[nH]c4n3)ccc21. The third-order valence-corrected chi connectivity index (χ3v) is 9.17. The van der Waals surface area contributed by atoms with Crippen molar-refractivity contribution < 1.29 is 18.7 Å². The molecule has 2 aromatic carbocycles. The molecule has 0 aliphatic carbocycles. The monoisotopic (exact) mass is 698 g/mol. The van der Waals surface area contributed by atoms with Gasteiger partial charge >= 0.3 is 5.69 Å². The number of anilines is 1. The van der Waals surface area contributed by atoms with Crippen LogP contribution in [0.15, 0.2) is 71.5 Å². The first-order chi connectivity index (χ1) is 24.3. The van der Waals surface area contributed by atoms with Gasteiger partial charge in [-0.2, -0.15) is 0 Å². The predicted octanol–water partition coefficient (Wildman–Crippen LogP) is 5.94. The molecule has 0 bridgehead atoms. The first-order valence-corrected chi connectivity index (χ1v) is 16.9. The molecule has 8 rings (SSSR count). The van der Waals surface area contributed by atoms with Crippen molar-refractivity contribution in [1.29, 1.82) is 0 Å². The number of carbonyl (C=O) groups is 1. The number of aromatic nitrogens is 6. The van der Waals surface area contributed by atoms with Crippen LogP contribution in [0.3, 0.4) is 0 Å². The quantitative estimate of drug-likeness (QED) is 0.177. The third kappa shape index (κ3) is 7.70. The van der Waals surface area contributed by atoms with Crippen molar-refractivity contribution in [2.24, 2.45) is 7.05 Å². The van der Waals surface area contributed by atoms with E-state index in [2.05, 4.69) is 29.7 Å². The van der Waals surface area contributed by atoms with Crippen LogP contribution in [0, 0.1) is 5.82 Å². The van der Waals surface area contributed by atoms with Crippen LogP contribution in [0.2, 0.25) is 5.02 Å². The average Bonchev–Trinajstić information content (AvgIpc) is 3.61. The van der Waals surface area contributed by atoms with Crippen LogP contribution in [0.5, 0.6) is 5.88 Å². The van der Waals surface area contributed by atoms with Crippen molar-refractivity contribution in [3.8, 4) is 5.88 Å². The van der Waals surface area contributed by atoms with Crippen LogP contribution in [-0.2, 0) is 24.9 Å². The Balaban J connectivity index is 0.000000916. The van der Waals surface area contributed by atoms with E-state index in [1.807, 2.05) is 25.2 Å². The number of hydrogen-bond donors (Lipinski definition) is 3. The van der Waals surface area contributed by atoms with E-state index in [1.54, 1.807) is 42.5 Å². The highest BCUT2D eigenvalue weighted by Crippen LogP contribution is 2.29. The lowest BCUT2D eigenvalue weighted by Crippen LogP contribution is -2.33. The maximum atomic E-state index is 14.1. The maximum Gasteiger partial charge on any atom is 0.325 e. The molecule has 1 amide bonds. The molecule has 2 aliphatic heterocycles. The van der Waals surface area contributed by atoms with Gasteiger partial charge in [0.2, 0.25) is 5.88 Å². The summed E-state index contributed by atoms with van der Waals surface area (Å²) in [7, 11) is 1.99. The number of likely N-dealkylation sites (tertiary alicyclic amines) is 1. The fourth-order valence-corrected chi connectivity index (χ4v) is 6.13. The summed E-state index contributed by atoms with van der Waals surface area (Å²) < 4.78 is 26.7. The van der Waals surface area contributed by atoms with Crippen LogP contribution in [-0.4, -0.2) is 66.6 Å². The summed E-state index contributed by atoms with van der Waals surface area (Å²) in [5.74, 6) is 1.29. The third-order valence-electron chi connectivity index (χ3n) is 8.94. The van der Waals surface area contributed by atoms with Gasteiger partial charge in [0.05, 0.1) is 23.1 Å². The summed E-state index contributed by atoms with van der Waals surface area (Å²) in [5, 5.41) is 3.14. The number of rotatable bonds is 8. The number of ether oxygens (including phenoxy) is 2. The van der Waals surface area contributed by atoms with Crippen LogP contribution in [0.25, 0.3) is 22.2 Å². The van der Waals surface area contributed by atoms with Crippen LogP contribution < -0.4 is 15.7 Å². The molecule has 4 aromatic heterocycles. The molecule has 6 heterocycles. The summed E-state index contributed by atoms with van der Waals surface area (Å²) in [6.07, 6.45) is 3.15. The fourth-order valence-electron chi connectivity index (χ4n) is 5.97. The van der Waals surface area contributed by atoms with E-state index in [-0.39, 0.29) is 18.2 Å². The Morgan fingerprint density at radius 2 is 1.84 bits per heavy atom. The number of nitrogens with one attached hydrogen (secondary N) is 3. The highest BCUT2D eigenvalue weighted by Gasteiger charge is 2.24. The number of H-pyrrole nitrogens is 2. The Morgan fingerprint density at radius 3 is 2.60 bits per heavy atom. The van der Waals surface area contributed by atoms with Gasteiger partial charge in [-0.3, -0.25) is 14.7 Å². The lowest BCUT2D eigenvalue weighted by molar-refractivity contribution is 0.0367. The van der Waals surface area contributed by atoms with E-state index >= 15 is 0 Å². The molecule has 3 N–H and O–H groups in total. The Morgan fingerprint density at radius 1 is 1.04 bits per heavy atom. The summed E-state index contributed by atoms with van der Waals surface area (Å²) in [5.41, 5.74) is 4.11. The molecule has 2 aliphatic rings. The van der Waals surface area contributed by atoms with Crippen LogP contribution >= 0.6 is 11.6 Å². The number of aryl methyl sites for hydroxylation is 1. The Labute approximate surface area is 291 Å². The van der Waals surface area contributed by atoms with Gasteiger partial charge in [-0.1, -0.05) is 23.7 Å². The number of aromatic amines is 2. The molecular weight excluding hydrogens is 663 g/mol. The zero-order valence-electron chi connectivity index (χ0n) is 27.4. The van der Waals surface area contributed by atoms with Crippen molar-refractivity contribution in [3.05, 3.63) is 111 Å². The van der Waals surface area contributed by atoms with Crippen molar-refractivity contribution in [2.45, 2.75) is 38.3 Å². The Bertz CT molecular complexity index is 2200. The number of piperidine rings is 1. The molecule has 2 fully saturated rings. The van der Waals surface area contributed by atoms with Gasteiger partial charge in [0.1, 0.15) is 24.1 Å². The van der Waals surface area contributed by atoms with E-state index in [4.69, 9.17) is 31.0 Å². The topological polar surface area (TPSA) is 143 Å². The van der Waals surface area contributed by atoms with Gasteiger partial charge in [-0.05, 0) is 80.9 Å². The number of halogens is 2. The first-order valence-electron chi connectivity index (χ1n) is 16.5. The van der Waals surface area contributed by atoms with Crippen molar-refractivity contribution in [3.63, 3.8) is 0 Å². The second-order valence-corrected chi connectivity index (χ2v) is 12.8. The predicted molar refractivity (Wildman–Crippen MR) is 188 cm³/mol. The molecule has 0 spiro atoms. The second-order valence-electron chi connectivity index (χ2n) is 12.4. The maximum absolute atomic E-state index is 14.1. The van der Waals surface area contributed by atoms with Gasteiger partial charge in [-0.15, -0.1) is 0 Å². The summed E-state index contributed by atoms with van der Waals surface area (Å²) in [6, 6.07) is 19.0. The Kier molecular flexibility index (Phi) is 9.88. The number of hydrogen-bond acceptors (Lipinski definition) is 8. The number of nitrogens with zero attached hydrogens (tertiary/aromatic N) is 5. The number of imidazole rings is 2. The van der Waals surface area contributed by atoms with E-state index in [1.165, 1.54) is 12.5 Å². The van der Waals surface area contributed by atoms with E-state index < -0.39 is 5.82 Å². The van der Waals surface area contributed by atoms with Gasteiger partial charge in [-0.25, -0.2) is 24.1 Å². The fraction of sp³-hybridized carbons (Fsp3) is 0.306. The lowest BCUT2D eigenvalue weighted by atomic mass is 9.93. The molecule has 14 heteroatoms. The normalized spacial score (nSPS) is 15.0. The molecule has 12 nitrogen and oxygen atoms in total. The van der Waals surface area contributed by atoms with Crippen molar-refractivity contribution >= 4 is 45.5 Å². The standard InChI is InChI=1S/C33H30ClFN8O3.C3H6O/c1-42-27-9-6-20(32(44)40-28-10-8-25-31(39-28)41-33(45)38-25)15-26(27)36-29(42)17-43-13-11-19(12-14-43)24-3-2-4-30(37-24)46-18-21-5-7-22(34)16-23(21)35;1-2-4-3-1/h2-10,15-16,19H,11-14,17-18H2,1H3,(H3,38,39,40,41,44,45);1-3H2. The van der Waals surface area contributed by atoms with E-state index in [9.17, 15) is 14.0 Å². The van der Waals surface area contributed by atoms with Gasteiger partial charge in [0.15, 0.2) is 5.65 Å². The summed E-state index contributed by atoms with van der Waals surface area (Å²) in [6.45, 7) is 4.52. The average molecular weight is 699 g/mol. The minimum Gasteiger partial charge on any atom is -0.473 e. The lowest BCUT2D eigenvalue weighted by Gasteiger charge is -2.31. The first kappa shape index (κ1) is 33.4. The highest BCUT2D eigenvalue weighted by atomic mass is 35.5.